The Morgan fingerprint density at radius 3 is 2.43 bits per heavy atom. The first-order valence-electron chi connectivity index (χ1n) is 7.48. The second-order valence-corrected chi connectivity index (χ2v) is 9.32. The number of rotatable bonds is 2. The van der Waals surface area contributed by atoms with Gasteiger partial charge in [0.15, 0.2) is 9.84 Å². The van der Waals surface area contributed by atoms with Crippen LogP contribution in [0.4, 0.5) is 4.79 Å². The zero-order chi connectivity index (χ0) is 15.8. The van der Waals surface area contributed by atoms with E-state index in [1.807, 2.05) is 27.8 Å². The van der Waals surface area contributed by atoms with E-state index in [0.29, 0.717) is 19.5 Å². The molecule has 7 heteroatoms. The van der Waals surface area contributed by atoms with Gasteiger partial charge in [-0.2, -0.15) is 0 Å². The molecule has 0 N–H and O–H groups in total. The number of carbonyl (C=O) groups is 1. The number of likely N-dealkylation sites (N-methyl/N-ethyl adjacent to an activating group) is 1. The normalized spacial score (nSPS) is 29.1. The summed E-state index contributed by atoms with van der Waals surface area (Å²) in [6.07, 6.45) is 1.28. The molecule has 0 saturated carbocycles. The van der Waals surface area contributed by atoms with Crippen LogP contribution < -0.4 is 0 Å². The van der Waals surface area contributed by atoms with E-state index in [2.05, 4.69) is 4.90 Å². The minimum absolute atomic E-state index is 0.0820. The second kappa shape index (κ2) is 5.76. The minimum Gasteiger partial charge on any atom is -0.444 e. The number of hydrogen-bond acceptors (Lipinski definition) is 5. The van der Waals surface area contributed by atoms with Crippen molar-refractivity contribution in [3.63, 3.8) is 0 Å². The zero-order valence-corrected chi connectivity index (χ0v) is 14.1. The third kappa shape index (κ3) is 4.32. The van der Waals surface area contributed by atoms with Gasteiger partial charge in [0.05, 0.1) is 11.5 Å². The molecule has 1 amide bonds. The minimum atomic E-state index is -2.87. The monoisotopic (exact) mass is 318 g/mol. The molecule has 2 rings (SSSR count). The summed E-state index contributed by atoms with van der Waals surface area (Å²) in [6, 6.07) is 0.300. The second-order valence-electron chi connectivity index (χ2n) is 7.09. The maximum Gasteiger partial charge on any atom is 0.410 e. The van der Waals surface area contributed by atoms with Crippen LogP contribution in [0.2, 0.25) is 0 Å². The molecule has 2 aliphatic rings. The summed E-state index contributed by atoms with van der Waals surface area (Å²) >= 11 is 0. The average Bonchev–Trinajstić information content (AvgIpc) is 2.92. The van der Waals surface area contributed by atoms with Crippen molar-refractivity contribution in [2.45, 2.75) is 51.3 Å². The molecule has 2 aliphatic heterocycles. The Morgan fingerprint density at radius 2 is 1.90 bits per heavy atom. The van der Waals surface area contributed by atoms with Gasteiger partial charge in [-0.1, -0.05) is 0 Å². The number of carbonyl (C=O) groups excluding carboxylic acids is 1. The Balaban J connectivity index is 1.89. The molecule has 6 nitrogen and oxygen atoms in total. The van der Waals surface area contributed by atoms with E-state index >= 15 is 0 Å². The van der Waals surface area contributed by atoms with Crippen LogP contribution in [0.1, 0.15) is 33.6 Å². The maximum absolute atomic E-state index is 12.0. The molecule has 0 spiro atoms. The predicted molar refractivity (Wildman–Crippen MR) is 81.0 cm³/mol. The van der Waals surface area contributed by atoms with Crippen LogP contribution >= 0.6 is 0 Å². The van der Waals surface area contributed by atoms with E-state index in [1.54, 1.807) is 4.90 Å². The summed E-state index contributed by atoms with van der Waals surface area (Å²) in [5.41, 5.74) is -0.486. The van der Waals surface area contributed by atoms with Crippen molar-refractivity contribution in [3.8, 4) is 0 Å². The van der Waals surface area contributed by atoms with Gasteiger partial charge in [0.25, 0.3) is 0 Å². The number of ether oxygens (including phenoxy) is 1. The van der Waals surface area contributed by atoms with Gasteiger partial charge < -0.3 is 9.64 Å². The zero-order valence-electron chi connectivity index (χ0n) is 13.3. The van der Waals surface area contributed by atoms with Gasteiger partial charge in [-0.3, -0.25) is 4.90 Å². The molecule has 0 bridgehead atoms. The summed E-state index contributed by atoms with van der Waals surface area (Å²) in [5, 5.41) is 0. The molecule has 2 atom stereocenters. The fourth-order valence-electron chi connectivity index (χ4n) is 2.96. The van der Waals surface area contributed by atoms with Gasteiger partial charge >= 0.3 is 6.09 Å². The lowest BCUT2D eigenvalue weighted by atomic mass is 10.1. The van der Waals surface area contributed by atoms with Crippen molar-refractivity contribution in [1.82, 2.24) is 9.80 Å². The molecular formula is C14H26N2O4S. The van der Waals surface area contributed by atoms with E-state index in [1.165, 1.54) is 0 Å². The summed E-state index contributed by atoms with van der Waals surface area (Å²) in [4.78, 5) is 15.9. The number of nitrogens with zero attached hydrogens (tertiary/aromatic N) is 2. The standard InChI is InChI=1S/C14H26N2O4S/c1-14(2,3)20-13(17)16-7-5-11(9-16)15(4)12-6-8-21(18,19)10-12/h11-12H,5-10H2,1-4H3. The highest BCUT2D eigenvalue weighted by molar-refractivity contribution is 7.91. The van der Waals surface area contributed by atoms with Crippen LogP contribution in [-0.2, 0) is 14.6 Å². The smallest absolute Gasteiger partial charge is 0.410 e. The summed E-state index contributed by atoms with van der Waals surface area (Å²) in [6.45, 7) is 6.85. The van der Waals surface area contributed by atoms with E-state index in [9.17, 15) is 13.2 Å². The van der Waals surface area contributed by atoms with E-state index in [4.69, 9.17) is 4.74 Å². The summed E-state index contributed by atoms with van der Waals surface area (Å²) < 4.78 is 28.5. The predicted octanol–water partition coefficient (Wildman–Crippen LogP) is 1.11. The first kappa shape index (κ1) is 16.5. The van der Waals surface area contributed by atoms with Gasteiger partial charge in [-0.25, -0.2) is 13.2 Å². The van der Waals surface area contributed by atoms with Gasteiger partial charge in [0, 0.05) is 25.2 Å². The molecule has 21 heavy (non-hydrogen) atoms. The van der Waals surface area contributed by atoms with Crippen LogP contribution in [0, 0.1) is 0 Å². The lowest BCUT2D eigenvalue weighted by Gasteiger charge is -2.30. The summed E-state index contributed by atoms with van der Waals surface area (Å²) in [7, 11) is -0.904. The summed E-state index contributed by atoms with van der Waals surface area (Å²) in [5.74, 6) is 0.525. The first-order chi connectivity index (χ1) is 9.57. The highest BCUT2D eigenvalue weighted by Crippen LogP contribution is 2.24. The number of likely N-dealkylation sites (tertiary alicyclic amines) is 1. The molecule has 0 radical (unpaired) electrons. The van der Waals surface area contributed by atoms with Crippen LogP contribution in [-0.4, -0.2) is 73.6 Å². The lowest BCUT2D eigenvalue weighted by Crippen LogP contribution is -2.43. The first-order valence-corrected chi connectivity index (χ1v) is 9.30. The van der Waals surface area contributed by atoms with E-state index < -0.39 is 15.4 Å². The van der Waals surface area contributed by atoms with Crippen molar-refractivity contribution < 1.29 is 17.9 Å². The van der Waals surface area contributed by atoms with E-state index in [-0.39, 0.29) is 29.7 Å². The third-order valence-electron chi connectivity index (χ3n) is 4.18. The largest absolute Gasteiger partial charge is 0.444 e. The SMILES string of the molecule is CN(C1CCN(C(=O)OC(C)(C)C)C1)C1CCS(=O)(=O)C1. The molecule has 0 aromatic heterocycles. The van der Waals surface area contributed by atoms with Crippen molar-refractivity contribution in [2.24, 2.45) is 0 Å². The Labute approximate surface area is 127 Å². The van der Waals surface area contributed by atoms with Crippen LogP contribution in [0.3, 0.4) is 0 Å². The van der Waals surface area contributed by atoms with Gasteiger partial charge in [-0.15, -0.1) is 0 Å². The van der Waals surface area contributed by atoms with Crippen molar-refractivity contribution in [2.75, 3.05) is 31.6 Å². The Hall–Kier alpha value is -0.820. The molecule has 122 valence electrons. The van der Waals surface area contributed by atoms with Gasteiger partial charge in [-0.05, 0) is 40.7 Å². The molecule has 0 aromatic rings. The highest BCUT2D eigenvalue weighted by atomic mass is 32.2. The lowest BCUT2D eigenvalue weighted by molar-refractivity contribution is 0.0279. The molecule has 2 heterocycles. The topological polar surface area (TPSA) is 66.9 Å². The fraction of sp³-hybridized carbons (Fsp3) is 0.929. The van der Waals surface area contributed by atoms with Gasteiger partial charge in [0.2, 0.25) is 0 Å². The molecular weight excluding hydrogens is 292 g/mol. The van der Waals surface area contributed by atoms with Crippen molar-refractivity contribution >= 4 is 15.9 Å². The molecule has 2 fully saturated rings. The van der Waals surface area contributed by atoms with Crippen LogP contribution in [0.15, 0.2) is 0 Å². The molecule has 0 aromatic carbocycles. The van der Waals surface area contributed by atoms with Crippen molar-refractivity contribution in [3.05, 3.63) is 0 Å². The highest BCUT2D eigenvalue weighted by Gasteiger charge is 2.37. The Kier molecular flexibility index (Phi) is 4.54. The van der Waals surface area contributed by atoms with E-state index in [0.717, 1.165) is 6.42 Å². The number of amides is 1. The molecule has 2 saturated heterocycles. The number of hydrogen-bond donors (Lipinski definition) is 0. The van der Waals surface area contributed by atoms with Crippen LogP contribution in [0.5, 0.6) is 0 Å². The van der Waals surface area contributed by atoms with Gasteiger partial charge in [0.1, 0.15) is 5.60 Å². The Morgan fingerprint density at radius 1 is 1.24 bits per heavy atom. The third-order valence-corrected chi connectivity index (χ3v) is 5.93. The fourth-order valence-corrected chi connectivity index (χ4v) is 4.75. The molecule has 2 unspecified atom stereocenters. The van der Waals surface area contributed by atoms with Crippen LogP contribution in [0.25, 0.3) is 0 Å². The number of sulfone groups is 1. The Bertz CT molecular complexity index is 498. The average molecular weight is 318 g/mol. The quantitative estimate of drug-likeness (QED) is 0.763. The van der Waals surface area contributed by atoms with Crippen molar-refractivity contribution in [1.29, 1.82) is 0 Å². The maximum atomic E-state index is 12.0. The molecule has 0 aliphatic carbocycles.